The Balaban J connectivity index is 1.44. The molecule has 9 nitrogen and oxygen atoms in total. The molecule has 1 unspecified atom stereocenters. The van der Waals surface area contributed by atoms with E-state index in [2.05, 4.69) is 10.2 Å². The van der Waals surface area contributed by atoms with Crippen LogP contribution in [0.4, 0.5) is 5.82 Å². The van der Waals surface area contributed by atoms with Crippen molar-refractivity contribution in [3.8, 4) is 23.0 Å². The van der Waals surface area contributed by atoms with Crippen molar-refractivity contribution in [1.82, 2.24) is 9.88 Å². The molecule has 0 saturated carbocycles. The van der Waals surface area contributed by atoms with E-state index in [1.54, 1.807) is 21.3 Å². The van der Waals surface area contributed by atoms with Gasteiger partial charge in [0.25, 0.3) is 6.47 Å². The minimum atomic E-state index is -0.337. The van der Waals surface area contributed by atoms with E-state index < -0.39 is 0 Å². The fourth-order valence-corrected chi connectivity index (χ4v) is 5.65. The number of pyridine rings is 1. The number of fused-ring (bicyclic) bond motifs is 3. The number of carbonyl (C=O) groups is 1. The van der Waals surface area contributed by atoms with Crippen LogP contribution in [0.3, 0.4) is 0 Å². The molecule has 1 fully saturated rings. The normalized spacial score (nSPS) is 16.6. The van der Waals surface area contributed by atoms with Gasteiger partial charge >= 0.3 is 0 Å². The molecule has 1 atom stereocenters. The lowest BCUT2D eigenvalue weighted by molar-refractivity contribution is -0.133. The predicted molar refractivity (Wildman–Crippen MR) is 149 cm³/mol. The van der Waals surface area contributed by atoms with Crippen LogP contribution < -0.4 is 24.3 Å². The molecule has 2 aliphatic rings. The molecule has 0 spiro atoms. The van der Waals surface area contributed by atoms with Crippen LogP contribution in [0.25, 0.3) is 10.9 Å². The van der Waals surface area contributed by atoms with Crippen molar-refractivity contribution in [2.24, 2.45) is 0 Å². The number of carbonyl (C=O) groups excluding carboxylic acids is 1. The van der Waals surface area contributed by atoms with Crippen molar-refractivity contribution in [2.45, 2.75) is 44.8 Å². The molecule has 9 heteroatoms. The van der Waals surface area contributed by atoms with Crippen molar-refractivity contribution in [2.75, 3.05) is 52.9 Å². The quantitative estimate of drug-likeness (QED) is 0.242. The number of hydrogen-bond donors (Lipinski definition) is 1. The smallest absolute Gasteiger partial charge is 0.293 e. The molecule has 1 aliphatic carbocycles. The fraction of sp³-hybridized carbons (Fsp3) is 0.467. The highest BCUT2D eigenvalue weighted by Gasteiger charge is 2.30. The van der Waals surface area contributed by atoms with Gasteiger partial charge in [0.1, 0.15) is 23.4 Å². The van der Waals surface area contributed by atoms with E-state index in [9.17, 15) is 4.79 Å². The molecule has 208 valence electrons. The minimum Gasteiger partial charge on any atom is -0.497 e. The van der Waals surface area contributed by atoms with Gasteiger partial charge in [0, 0.05) is 47.3 Å². The Morgan fingerprint density at radius 3 is 2.59 bits per heavy atom. The number of nitrogens with one attached hydrogen (secondary N) is 1. The number of methoxy groups -OCH3 is 3. The van der Waals surface area contributed by atoms with Crippen LogP contribution in [0.1, 0.15) is 48.5 Å². The monoisotopic (exact) mass is 535 g/mol. The molecular weight excluding hydrogens is 498 g/mol. The molecular formula is C30H37N3O6. The average molecular weight is 536 g/mol. The Morgan fingerprint density at radius 2 is 1.85 bits per heavy atom. The first-order valence-electron chi connectivity index (χ1n) is 13.6. The minimum absolute atomic E-state index is 0.337. The van der Waals surface area contributed by atoms with Gasteiger partial charge in [-0.1, -0.05) is 0 Å². The summed E-state index contributed by atoms with van der Waals surface area (Å²) in [5, 5.41) is 4.41. The number of likely N-dealkylation sites (tertiary alicyclic amines) is 1. The number of benzene rings is 2. The van der Waals surface area contributed by atoms with E-state index in [0.717, 1.165) is 64.3 Å². The Labute approximate surface area is 229 Å². The highest BCUT2D eigenvalue weighted by Crippen LogP contribution is 2.44. The maximum Gasteiger partial charge on any atom is 0.293 e. The van der Waals surface area contributed by atoms with Gasteiger partial charge in [-0.3, -0.25) is 4.79 Å². The first-order valence-corrected chi connectivity index (χ1v) is 13.6. The molecule has 5 rings (SSSR count). The van der Waals surface area contributed by atoms with Gasteiger partial charge in [0.05, 0.1) is 33.5 Å². The van der Waals surface area contributed by atoms with E-state index in [1.807, 2.05) is 30.3 Å². The second kappa shape index (κ2) is 12.4. The predicted octanol–water partition coefficient (Wildman–Crippen LogP) is 4.90. The zero-order valence-corrected chi connectivity index (χ0v) is 23.0. The molecule has 39 heavy (non-hydrogen) atoms. The van der Waals surface area contributed by atoms with Crippen LogP contribution in [-0.4, -0.2) is 63.9 Å². The molecule has 1 aliphatic heterocycles. The number of hydrogen-bond acceptors (Lipinski definition) is 9. The van der Waals surface area contributed by atoms with Crippen molar-refractivity contribution in [1.29, 1.82) is 0 Å². The second-order valence-electron chi connectivity index (χ2n) is 9.91. The highest BCUT2D eigenvalue weighted by molar-refractivity contribution is 5.90. The van der Waals surface area contributed by atoms with Gasteiger partial charge < -0.3 is 33.9 Å². The molecule has 1 N–H and O–H groups in total. The van der Waals surface area contributed by atoms with Crippen LogP contribution in [0.2, 0.25) is 0 Å². The molecule has 0 radical (unpaired) electrons. The molecule has 2 aromatic carbocycles. The third kappa shape index (κ3) is 5.83. The van der Waals surface area contributed by atoms with Crippen molar-refractivity contribution < 1.29 is 28.5 Å². The lowest BCUT2D eigenvalue weighted by atomic mass is 10.0. The van der Waals surface area contributed by atoms with E-state index in [0.29, 0.717) is 37.5 Å². The molecule has 0 bridgehead atoms. The first-order chi connectivity index (χ1) is 19.1. The number of ether oxygens (including phenoxy) is 5. The highest BCUT2D eigenvalue weighted by atomic mass is 16.5. The van der Waals surface area contributed by atoms with E-state index in [-0.39, 0.29) is 6.10 Å². The fourth-order valence-electron chi connectivity index (χ4n) is 5.65. The summed E-state index contributed by atoms with van der Waals surface area (Å²) < 4.78 is 28.3. The lowest BCUT2D eigenvalue weighted by Crippen LogP contribution is -2.21. The van der Waals surface area contributed by atoms with Crippen LogP contribution in [0.5, 0.6) is 23.0 Å². The van der Waals surface area contributed by atoms with Crippen molar-refractivity contribution in [3.63, 3.8) is 0 Å². The van der Waals surface area contributed by atoms with Crippen molar-refractivity contribution in [3.05, 3.63) is 47.0 Å². The maximum atomic E-state index is 11.3. The number of nitrogens with zero attached hydrogens (tertiary/aromatic N) is 2. The topological polar surface area (TPSA) is 91.4 Å². The number of anilines is 1. The summed E-state index contributed by atoms with van der Waals surface area (Å²) in [5.74, 6) is 3.53. The van der Waals surface area contributed by atoms with Gasteiger partial charge in [-0.15, -0.1) is 0 Å². The van der Waals surface area contributed by atoms with Gasteiger partial charge in [-0.25, -0.2) is 4.98 Å². The van der Waals surface area contributed by atoms with Crippen molar-refractivity contribution >= 4 is 23.2 Å². The molecule has 2 heterocycles. The lowest BCUT2D eigenvalue weighted by Gasteiger charge is -2.19. The Bertz CT molecular complexity index is 1310. The zero-order chi connectivity index (χ0) is 27.2. The van der Waals surface area contributed by atoms with Crippen LogP contribution in [-0.2, 0) is 22.5 Å². The van der Waals surface area contributed by atoms with Crippen LogP contribution >= 0.6 is 0 Å². The third-order valence-electron chi connectivity index (χ3n) is 7.63. The summed E-state index contributed by atoms with van der Waals surface area (Å²) in [6.45, 7) is 5.02. The first kappa shape index (κ1) is 26.9. The summed E-state index contributed by atoms with van der Waals surface area (Å²) in [4.78, 5) is 18.8. The van der Waals surface area contributed by atoms with Gasteiger partial charge in [-0.2, -0.15) is 0 Å². The summed E-state index contributed by atoms with van der Waals surface area (Å²) in [5.41, 5.74) is 3.75. The largest absolute Gasteiger partial charge is 0.497 e. The van der Waals surface area contributed by atoms with Crippen LogP contribution in [0, 0.1) is 0 Å². The second-order valence-corrected chi connectivity index (χ2v) is 9.91. The standard InChI is InChI=1S/C30H37N3O6/c1-35-21-8-7-20(26(15-21)36-2)18-31-30-22-9-10-25(39-19-34)29(22)23-16-27(37-3)28(17-24(23)32-30)38-14-6-13-33-11-4-5-12-33/h7-8,15-17,19,25H,4-6,9-14,18H2,1-3H3,(H,31,32). The number of rotatable bonds is 13. The molecule has 3 aromatic rings. The Hall–Kier alpha value is -3.72. The summed E-state index contributed by atoms with van der Waals surface area (Å²) in [7, 11) is 4.92. The Morgan fingerprint density at radius 1 is 1.03 bits per heavy atom. The molecule has 1 saturated heterocycles. The van der Waals surface area contributed by atoms with E-state index in [1.165, 1.54) is 25.9 Å². The van der Waals surface area contributed by atoms with Crippen LogP contribution in [0.15, 0.2) is 30.3 Å². The van der Waals surface area contributed by atoms with E-state index >= 15 is 0 Å². The van der Waals surface area contributed by atoms with Gasteiger partial charge in [0.15, 0.2) is 11.5 Å². The Kier molecular flexibility index (Phi) is 8.56. The van der Waals surface area contributed by atoms with E-state index in [4.69, 9.17) is 28.7 Å². The molecule has 1 aromatic heterocycles. The summed E-state index contributed by atoms with van der Waals surface area (Å²) in [6.07, 6.45) is 4.63. The SMILES string of the molecule is COc1ccc(CNc2nc3cc(OCCCN4CCCC4)c(OC)cc3c3c2CCC3OC=O)c(OC)c1. The average Bonchev–Trinajstić information content (AvgIpc) is 3.64. The zero-order valence-electron chi connectivity index (χ0n) is 23.0. The van der Waals surface area contributed by atoms with Gasteiger partial charge in [-0.05, 0) is 63.4 Å². The van der Waals surface area contributed by atoms with Gasteiger partial charge in [0.2, 0.25) is 0 Å². The maximum absolute atomic E-state index is 11.3. The summed E-state index contributed by atoms with van der Waals surface area (Å²) in [6, 6.07) is 9.64. The molecule has 0 amide bonds. The third-order valence-corrected chi connectivity index (χ3v) is 7.63. The summed E-state index contributed by atoms with van der Waals surface area (Å²) >= 11 is 0. The number of aromatic nitrogens is 1.